The number of hydrogen-bond acceptors (Lipinski definition) is 2. The Morgan fingerprint density at radius 2 is 1.86 bits per heavy atom. The van der Waals surface area contributed by atoms with Gasteiger partial charge in [0.1, 0.15) is 0 Å². The maximum absolute atomic E-state index is 12.8. The lowest BCUT2D eigenvalue weighted by atomic mass is 10.1. The topological polar surface area (TPSA) is 30.0 Å². The zero-order valence-corrected chi connectivity index (χ0v) is 7.00. The van der Waals surface area contributed by atoms with Crippen LogP contribution in [-0.2, 0) is 0 Å². The van der Waals surface area contributed by atoms with Crippen molar-refractivity contribution in [2.24, 2.45) is 0 Å². The first-order valence-corrected chi connectivity index (χ1v) is 3.90. The molecule has 70 valence electrons. The number of pyridine rings is 1. The van der Waals surface area contributed by atoms with Crippen molar-refractivity contribution in [3.63, 3.8) is 0 Å². The van der Waals surface area contributed by atoms with E-state index in [1.165, 1.54) is 12.3 Å². The summed E-state index contributed by atoms with van der Waals surface area (Å²) < 4.78 is 25.5. The summed E-state index contributed by atoms with van der Waals surface area (Å²) in [4.78, 5) is 14.2. The van der Waals surface area contributed by atoms with E-state index in [1.807, 2.05) is 0 Å². The Balaban J connectivity index is 2.76. The van der Waals surface area contributed by atoms with Crippen LogP contribution in [-0.4, -0.2) is 11.3 Å². The largest absolute Gasteiger partial charge is 0.298 e. The number of benzene rings is 1. The summed E-state index contributed by atoms with van der Waals surface area (Å²) in [6.07, 6.45) is 1.92. The van der Waals surface area contributed by atoms with Crippen LogP contribution < -0.4 is 0 Å². The smallest absolute Gasteiger partial charge is 0.161 e. The third-order valence-corrected chi connectivity index (χ3v) is 1.88. The van der Waals surface area contributed by atoms with Crippen LogP contribution in [0.3, 0.4) is 0 Å². The second-order valence-electron chi connectivity index (χ2n) is 2.85. The Bertz CT molecular complexity index is 511. The highest BCUT2D eigenvalue weighted by molar-refractivity contribution is 5.85. The minimum atomic E-state index is -0.942. The molecule has 2 nitrogen and oxygen atoms in total. The lowest BCUT2D eigenvalue weighted by Crippen LogP contribution is -1.89. The second-order valence-corrected chi connectivity index (χ2v) is 2.85. The van der Waals surface area contributed by atoms with Crippen molar-refractivity contribution in [3.8, 4) is 0 Å². The third-order valence-electron chi connectivity index (χ3n) is 1.88. The van der Waals surface area contributed by atoms with Crippen molar-refractivity contribution in [1.29, 1.82) is 0 Å². The number of fused-ring (bicyclic) bond motifs is 1. The molecule has 2 aromatic rings. The van der Waals surface area contributed by atoms with Gasteiger partial charge in [-0.2, -0.15) is 0 Å². The standard InChI is InChI=1S/C10H5F2NO/c11-8-2-7-1-6(5-14)4-13-10(7)3-9(8)12/h1-5H. The normalized spacial score (nSPS) is 10.4. The number of nitrogens with zero attached hydrogens (tertiary/aromatic N) is 1. The molecule has 0 atom stereocenters. The van der Waals surface area contributed by atoms with Gasteiger partial charge in [0.15, 0.2) is 17.9 Å². The van der Waals surface area contributed by atoms with E-state index < -0.39 is 11.6 Å². The quantitative estimate of drug-likeness (QED) is 0.650. The van der Waals surface area contributed by atoms with Gasteiger partial charge in [0.25, 0.3) is 0 Å². The minimum absolute atomic E-state index is 0.328. The molecule has 0 spiro atoms. The van der Waals surface area contributed by atoms with Gasteiger partial charge in [-0.3, -0.25) is 9.78 Å². The molecule has 0 saturated carbocycles. The highest BCUT2D eigenvalue weighted by Gasteiger charge is 2.05. The van der Waals surface area contributed by atoms with E-state index in [1.54, 1.807) is 0 Å². The molecule has 0 aliphatic heterocycles. The number of carbonyl (C=O) groups excluding carboxylic acids is 1. The molecule has 14 heavy (non-hydrogen) atoms. The highest BCUT2D eigenvalue weighted by atomic mass is 19.2. The van der Waals surface area contributed by atoms with Gasteiger partial charge >= 0.3 is 0 Å². The summed E-state index contributed by atoms with van der Waals surface area (Å²) in [5.74, 6) is -1.88. The zero-order chi connectivity index (χ0) is 10.1. The summed E-state index contributed by atoms with van der Waals surface area (Å²) in [5, 5.41) is 0.411. The summed E-state index contributed by atoms with van der Waals surface area (Å²) in [6, 6.07) is 3.47. The Morgan fingerprint density at radius 1 is 1.14 bits per heavy atom. The molecule has 0 bridgehead atoms. The lowest BCUT2D eigenvalue weighted by molar-refractivity contribution is 0.112. The fraction of sp³-hybridized carbons (Fsp3) is 0. The van der Waals surface area contributed by atoms with Gasteiger partial charge in [0.2, 0.25) is 0 Å². The van der Waals surface area contributed by atoms with Crippen LogP contribution in [0.5, 0.6) is 0 Å². The third kappa shape index (κ3) is 1.35. The Hall–Kier alpha value is -1.84. The molecular weight excluding hydrogens is 188 g/mol. The molecule has 0 N–H and O–H groups in total. The average molecular weight is 193 g/mol. The van der Waals surface area contributed by atoms with Gasteiger partial charge in [0, 0.05) is 23.2 Å². The SMILES string of the molecule is O=Cc1cnc2cc(F)c(F)cc2c1. The number of carbonyl (C=O) groups is 1. The number of aldehydes is 1. The van der Waals surface area contributed by atoms with Gasteiger partial charge in [-0.1, -0.05) is 0 Å². The van der Waals surface area contributed by atoms with Gasteiger partial charge in [-0.15, -0.1) is 0 Å². The summed E-state index contributed by atoms with van der Waals surface area (Å²) in [6.45, 7) is 0. The molecule has 4 heteroatoms. The molecule has 1 aromatic heterocycles. The molecule has 0 aliphatic carbocycles. The van der Waals surface area contributed by atoms with Gasteiger partial charge < -0.3 is 0 Å². The second kappa shape index (κ2) is 3.14. The predicted octanol–water partition coefficient (Wildman–Crippen LogP) is 2.33. The van der Waals surface area contributed by atoms with E-state index in [0.29, 0.717) is 22.8 Å². The lowest BCUT2D eigenvalue weighted by Gasteiger charge is -1.98. The molecular formula is C10H5F2NO. The summed E-state index contributed by atoms with van der Waals surface area (Å²) >= 11 is 0. The van der Waals surface area contributed by atoms with E-state index in [0.717, 1.165) is 12.1 Å². The molecule has 0 unspecified atom stereocenters. The molecule has 2 rings (SSSR count). The van der Waals surface area contributed by atoms with Crippen molar-refractivity contribution in [2.45, 2.75) is 0 Å². The van der Waals surface area contributed by atoms with E-state index >= 15 is 0 Å². The maximum Gasteiger partial charge on any atom is 0.161 e. The first-order chi connectivity index (χ1) is 6.70. The van der Waals surface area contributed by atoms with Crippen molar-refractivity contribution in [3.05, 3.63) is 41.6 Å². The van der Waals surface area contributed by atoms with Crippen molar-refractivity contribution >= 4 is 17.2 Å². The van der Waals surface area contributed by atoms with Gasteiger partial charge in [-0.05, 0) is 12.1 Å². The van der Waals surface area contributed by atoms with Crippen LogP contribution in [0.15, 0.2) is 24.4 Å². The van der Waals surface area contributed by atoms with Crippen LogP contribution in [0.1, 0.15) is 10.4 Å². The van der Waals surface area contributed by atoms with E-state index in [-0.39, 0.29) is 0 Å². The van der Waals surface area contributed by atoms with Crippen molar-refractivity contribution in [2.75, 3.05) is 0 Å². The van der Waals surface area contributed by atoms with Crippen molar-refractivity contribution < 1.29 is 13.6 Å². The average Bonchev–Trinajstić information content (AvgIpc) is 2.19. The molecule has 0 aliphatic rings. The van der Waals surface area contributed by atoms with Crippen LogP contribution >= 0.6 is 0 Å². The minimum Gasteiger partial charge on any atom is -0.298 e. The number of rotatable bonds is 1. The van der Waals surface area contributed by atoms with Gasteiger partial charge in [-0.25, -0.2) is 8.78 Å². The molecule has 0 radical (unpaired) electrons. The summed E-state index contributed by atoms with van der Waals surface area (Å²) in [7, 11) is 0. The van der Waals surface area contributed by atoms with Crippen LogP contribution in [0, 0.1) is 11.6 Å². The van der Waals surface area contributed by atoms with Gasteiger partial charge in [0.05, 0.1) is 5.52 Å². The highest BCUT2D eigenvalue weighted by Crippen LogP contribution is 2.16. The molecule has 0 fully saturated rings. The molecule has 1 aromatic carbocycles. The summed E-state index contributed by atoms with van der Waals surface area (Å²) in [5.41, 5.74) is 0.665. The van der Waals surface area contributed by atoms with Crippen LogP contribution in [0.4, 0.5) is 8.78 Å². The number of hydrogen-bond donors (Lipinski definition) is 0. The fourth-order valence-corrected chi connectivity index (χ4v) is 1.20. The van der Waals surface area contributed by atoms with E-state index in [2.05, 4.69) is 4.98 Å². The number of halogens is 2. The molecule has 0 saturated heterocycles. The predicted molar refractivity (Wildman–Crippen MR) is 47.0 cm³/mol. The first kappa shape index (κ1) is 8.74. The molecule has 0 amide bonds. The van der Waals surface area contributed by atoms with Crippen LogP contribution in [0.25, 0.3) is 10.9 Å². The Morgan fingerprint density at radius 3 is 2.57 bits per heavy atom. The monoisotopic (exact) mass is 193 g/mol. The Labute approximate surface area is 78.2 Å². The molecule has 1 heterocycles. The Kier molecular flexibility index (Phi) is 1.96. The van der Waals surface area contributed by atoms with E-state index in [9.17, 15) is 13.6 Å². The van der Waals surface area contributed by atoms with Crippen molar-refractivity contribution in [1.82, 2.24) is 4.98 Å². The first-order valence-electron chi connectivity index (χ1n) is 3.90. The van der Waals surface area contributed by atoms with E-state index in [4.69, 9.17) is 0 Å². The fourth-order valence-electron chi connectivity index (χ4n) is 1.20. The van der Waals surface area contributed by atoms with Crippen LogP contribution in [0.2, 0.25) is 0 Å². The number of aromatic nitrogens is 1. The zero-order valence-electron chi connectivity index (χ0n) is 7.00. The maximum atomic E-state index is 12.8.